The Morgan fingerprint density at radius 2 is 1.41 bits per heavy atom. The second-order valence-electron chi connectivity index (χ2n) is 7.71. The van der Waals surface area contributed by atoms with E-state index in [4.69, 9.17) is 9.15 Å². The minimum absolute atomic E-state index is 0.158. The maximum Gasteiger partial charge on any atom is 0.236 e. The predicted molar refractivity (Wildman–Crippen MR) is 124 cm³/mol. The summed E-state index contributed by atoms with van der Waals surface area (Å²) in [5.74, 6) is 1.65. The van der Waals surface area contributed by atoms with Crippen molar-refractivity contribution >= 4 is 5.88 Å². The number of benzene rings is 3. The molecule has 5 heteroatoms. The van der Waals surface area contributed by atoms with Crippen molar-refractivity contribution in [3.05, 3.63) is 113 Å². The summed E-state index contributed by atoms with van der Waals surface area (Å²) in [6.07, 6.45) is 0. The van der Waals surface area contributed by atoms with E-state index in [1.165, 1.54) is 0 Å². The van der Waals surface area contributed by atoms with Crippen LogP contribution in [0.3, 0.4) is 0 Å². The van der Waals surface area contributed by atoms with Gasteiger partial charge in [0.2, 0.25) is 17.5 Å². The van der Waals surface area contributed by atoms with E-state index in [9.17, 15) is 5.26 Å². The molecule has 0 atom stereocenters. The molecular weight excluding hydrogens is 398 g/mol. The second kappa shape index (κ2) is 9.84. The Kier molecular flexibility index (Phi) is 6.52. The van der Waals surface area contributed by atoms with Crippen LogP contribution in [0.1, 0.15) is 33.8 Å². The predicted octanol–water partition coefficient (Wildman–Crippen LogP) is 5.95. The fourth-order valence-electron chi connectivity index (χ4n) is 3.67. The molecule has 4 rings (SSSR count). The maximum absolute atomic E-state index is 9.75. The molecular formula is C27H25N3O2. The lowest BCUT2D eigenvalue weighted by Crippen LogP contribution is -2.22. The number of nitrogens with zero attached hydrogens (tertiary/aromatic N) is 3. The monoisotopic (exact) mass is 423 g/mol. The normalized spacial score (nSPS) is 10.5. The molecule has 0 aliphatic rings. The van der Waals surface area contributed by atoms with E-state index in [2.05, 4.69) is 35.3 Å². The molecule has 4 aromatic rings. The number of rotatable bonds is 8. The van der Waals surface area contributed by atoms with Crippen molar-refractivity contribution in [3.63, 3.8) is 0 Å². The van der Waals surface area contributed by atoms with Crippen LogP contribution in [0.5, 0.6) is 5.75 Å². The number of hydrogen-bond donors (Lipinski definition) is 0. The summed E-state index contributed by atoms with van der Waals surface area (Å²) in [5, 5.41) is 9.75. The minimum Gasteiger partial charge on any atom is -0.483 e. The average molecular weight is 424 g/mol. The lowest BCUT2D eigenvalue weighted by atomic mass is 10.1. The summed E-state index contributed by atoms with van der Waals surface area (Å²) < 4.78 is 12.1. The number of aromatic nitrogens is 1. The zero-order valence-corrected chi connectivity index (χ0v) is 18.3. The highest BCUT2D eigenvalue weighted by Gasteiger charge is 2.21. The Labute approximate surface area is 188 Å². The Bertz CT molecular complexity index is 1150. The Morgan fingerprint density at radius 3 is 1.94 bits per heavy atom. The Balaban J connectivity index is 1.61. The van der Waals surface area contributed by atoms with Gasteiger partial charge in [0.25, 0.3) is 0 Å². The van der Waals surface area contributed by atoms with Gasteiger partial charge in [-0.3, -0.25) is 0 Å². The van der Waals surface area contributed by atoms with E-state index in [1.54, 1.807) is 0 Å². The molecule has 0 N–H and O–H groups in total. The maximum atomic E-state index is 9.75. The molecule has 1 heterocycles. The standard InChI is InChI=1S/C27H25N3O2/c1-20-10-9-11-21(2)26(20)31-19-25-29-24(16-28)27(32-25)30(17-22-12-5-3-6-13-22)18-23-14-7-4-8-15-23/h3-15H,17-19H2,1-2H3. The van der Waals surface area contributed by atoms with Crippen LogP contribution in [-0.4, -0.2) is 4.98 Å². The van der Waals surface area contributed by atoms with Crippen LogP contribution < -0.4 is 9.64 Å². The van der Waals surface area contributed by atoms with Crippen molar-refractivity contribution in [3.8, 4) is 11.8 Å². The van der Waals surface area contributed by atoms with Crippen LogP contribution >= 0.6 is 0 Å². The third-order valence-electron chi connectivity index (χ3n) is 5.23. The SMILES string of the molecule is Cc1cccc(C)c1OCc1nc(C#N)c(N(Cc2ccccc2)Cc2ccccc2)o1. The van der Waals surface area contributed by atoms with Gasteiger partial charge in [-0.1, -0.05) is 78.9 Å². The van der Waals surface area contributed by atoms with E-state index in [-0.39, 0.29) is 12.3 Å². The van der Waals surface area contributed by atoms with E-state index in [1.807, 2.05) is 73.3 Å². The molecule has 0 radical (unpaired) electrons. The first-order chi connectivity index (χ1) is 15.6. The lowest BCUT2D eigenvalue weighted by Gasteiger charge is -2.22. The summed E-state index contributed by atoms with van der Waals surface area (Å²) in [7, 11) is 0. The van der Waals surface area contributed by atoms with Gasteiger partial charge in [-0.2, -0.15) is 10.2 Å². The van der Waals surface area contributed by atoms with Gasteiger partial charge in [0, 0.05) is 13.1 Å². The van der Waals surface area contributed by atoms with Gasteiger partial charge >= 0.3 is 0 Å². The first-order valence-corrected chi connectivity index (χ1v) is 10.6. The summed E-state index contributed by atoms with van der Waals surface area (Å²) in [4.78, 5) is 6.45. The third-order valence-corrected chi connectivity index (χ3v) is 5.23. The van der Waals surface area contributed by atoms with E-state index in [0.717, 1.165) is 28.0 Å². The molecule has 160 valence electrons. The van der Waals surface area contributed by atoms with E-state index >= 15 is 0 Å². The van der Waals surface area contributed by atoms with Crippen LogP contribution in [0.2, 0.25) is 0 Å². The molecule has 0 saturated carbocycles. The third kappa shape index (κ3) is 4.98. The van der Waals surface area contributed by atoms with Crippen molar-refractivity contribution < 1.29 is 9.15 Å². The van der Waals surface area contributed by atoms with Crippen molar-refractivity contribution in [1.29, 1.82) is 5.26 Å². The molecule has 3 aromatic carbocycles. The number of hydrogen-bond acceptors (Lipinski definition) is 5. The zero-order chi connectivity index (χ0) is 22.3. The molecule has 32 heavy (non-hydrogen) atoms. The quantitative estimate of drug-likeness (QED) is 0.350. The summed E-state index contributed by atoms with van der Waals surface area (Å²) in [6.45, 7) is 5.36. The first-order valence-electron chi connectivity index (χ1n) is 10.6. The number of aryl methyl sites for hydroxylation is 2. The second-order valence-corrected chi connectivity index (χ2v) is 7.71. The molecule has 0 bridgehead atoms. The van der Waals surface area contributed by atoms with Crippen molar-refractivity contribution in [2.75, 3.05) is 4.90 Å². The zero-order valence-electron chi connectivity index (χ0n) is 18.3. The molecule has 1 aromatic heterocycles. The van der Waals surface area contributed by atoms with Crippen LogP contribution in [-0.2, 0) is 19.7 Å². The minimum atomic E-state index is 0.158. The van der Waals surface area contributed by atoms with Crippen molar-refractivity contribution in [2.45, 2.75) is 33.5 Å². The molecule has 0 aliphatic carbocycles. The van der Waals surface area contributed by atoms with Crippen molar-refractivity contribution in [2.24, 2.45) is 0 Å². The number of anilines is 1. The molecule has 5 nitrogen and oxygen atoms in total. The van der Waals surface area contributed by atoms with Gasteiger partial charge in [0.05, 0.1) is 0 Å². The average Bonchev–Trinajstić information content (AvgIpc) is 3.23. The number of para-hydroxylation sites is 1. The van der Waals surface area contributed by atoms with Crippen LogP contribution in [0.15, 0.2) is 83.3 Å². The van der Waals surface area contributed by atoms with Crippen LogP contribution in [0, 0.1) is 25.2 Å². The smallest absolute Gasteiger partial charge is 0.236 e. The topological polar surface area (TPSA) is 62.3 Å². The molecule has 0 unspecified atom stereocenters. The highest BCUT2D eigenvalue weighted by Crippen LogP contribution is 2.28. The van der Waals surface area contributed by atoms with Gasteiger partial charge in [0.15, 0.2) is 6.61 Å². The molecule has 0 saturated heterocycles. The molecule has 0 fully saturated rings. The van der Waals surface area contributed by atoms with Crippen LogP contribution in [0.4, 0.5) is 5.88 Å². The van der Waals surface area contributed by atoms with Crippen molar-refractivity contribution in [1.82, 2.24) is 4.98 Å². The summed E-state index contributed by atoms with van der Waals surface area (Å²) in [5.41, 5.74) is 4.60. The lowest BCUT2D eigenvalue weighted by molar-refractivity contribution is 0.260. The fraction of sp³-hybridized carbons (Fsp3) is 0.185. The highest BCUT2D eigenvalue weighted by molar-refractivity contribution is 5.49. The Hall–Kier alpha value is -4.04. The first kappa shape index (κ1) is 21.2. The van der Waals surface area contributed by atoms with Crippen LogP contribution in [0.25, 0.3) is 0 Å². The van der Waals surface area contributed by atoms with Gasteiger partial charge in [-0.25, -0.2) is 0 Å². The van der Waals surface area contributed by atoms with Gasteiger partial charge in [0.1, 0.15) is 11.8 Å². The van der Waals surface area contributed by atoms with E-state index in [0.29, 0.717) is 24.9 Å². The van der Waals surface area contributed by atoms with Gasteiger partial charge in [-0.05, 0) is 36.1 Å². The molecule has 0 amide bonds. The summed E-state index contributed by atoms with van der Waals surface area (Å²) in [6, 6.07) is 28.4. The molecule has 0 spiro atoms. The fourth-order valence-corrected chi connectivity index (χ4v) is 3.67. The van der Waals surface area contributed by atoms with E-state index < -0.39 is 0 Å². The highest BCUT2D eigenvalue weighted by atomic mass is 16.5. The van der Waals surface area contributed by atoms with Gasteiger partial charge < -0.3 is 14.1 Å². The van der Waals surface area contributed by atoms with Gasteiger partial charge in [-0.15, -0.1) is 0 Å². The number of ether oxygens (including phenoxy) is 1. The largest absolute Gasteiger partial charge is 0.483 e. The summed E-state index contributed by atoms with van der Waals surface area (Å²) >= 11 is 0. The number of oxazole rings is 1. The molecule has 0 aliphatic heterocycles. The number of nitriles is 1. The Morgan fingerprint density at radius 1 is 0.844 bits per heavy atom.